The first kappa shape index (κ1) is 17.8. The van der Waals surface area contributed by atoms with Crippen molar-refractivity contribution in [3.8, 4) is 0 Å². The molecule has 1 aliphatic rings. The maximum Gasteiger partial charge on any atom is 0.244 e. The van der Waals surface area contributed by atoms with Gasteiger partial charge in [-0.05, 0) is 31.0 Å². The SMILES string of the molecule is CN(Cc1ccccc1F)c1ccc(S(=O)(=O)N2CCCCC2)cn1. The molecule has 0 atom stereocenters. The highest BCUT2D eigenvalue weighted by Gasteiger charge is 2.26. The highest BCUT2D eigenvalue weighted by atomic mass is 32.2. The molecule has 0 aliphatic carbocycles. The summed E-state index contributed by atoms with van der Waals surface area (Å²) in [5, 5.41) is 0. The molecule has 0 N–H and O–H groups in total. The van der Waals surface area contributed by atoms with Gasteiger partial charge in [0.1, 0.15) is 16.5 Å². The zero-order valence-corrected chi connectivity index (χ0v) is 15.0. The van der Waals surface area contributed by atoms with E-state index in [9.17, 15) is 12.8 Å². The summed E-state index contributed by atoms with van der Waals surface area (Å²) >= 11 is 0. The third-order valence-electron chi connectivity index (χ3n) is 4.43. The summed E-state index contributed by atoms with van der Waals surface area (Å²) in [6.07, 6.45) is 4.26. The zero-order chi connectivity index (χ0) is 17.9. The molecule has 134 valence electrons. The van der Waals surface area contributed by atoms with Crippen LogP contribution in [0.3, 0.4) is 0 Å². The maximum atomic E-state index is 13.8. The summed E-state index contributed by atoms with van der Waals surface area (Å²) in [5.74, 6) is 0.333. The lowest BCUT2D eigenvalue weighted by atomic mass is 10.2. The summed E-state index contributed by atoms with van der Waals surface area (Å²) < 4.78 is 40.5. The van der Waals surface area contributed by atoms with Crippen molar-refractivity contribution >= 4 is 15.8 Å². The monoisotopic (exact) mass is 363 g/mol. The van der Waals surface area contributed by atoms with E-state index in [2.05, 4.69) is 4.98 Å². The average molecular weight is 363 g/mol. The fourth-order valence-electron chi connectivity index (χ4n) is 2.97. The first-order valence-electron chi connectivity index (χ1n) is 8.39. The number of benzene rings is 1. The van der Waals surface area contributed by atoms with Gasteiger partial charge in [0.15, 0.2) is 0 Å². The van der Waals surface area contributed by atoms with Gasteiger partial charge in [0.2, 0.25) is 10.0 Å². The molecule has 1 aromatic carbocycles. The van der Waals surface area contributed by atoms with E-state index >= 15 is 0 Å². The Bertz CT molecular complexity index is 818. The lowest BCUT2D eigenvalue weighted by molar-refractivity contribution is 0.346. The van der Waals surface area contributed by atoms with Crippen molar-refractivity contribution in [1.29, 1.82) is 0 Å². The summed E-state index contributed by atoms with van der Waals surface area (Å²) in [7, 11) is -1.68. The minimum absolute atomic E-state index is 0.206. The molecule has 0 unspecified atom stereocenters. The van der Waals surface area contributed by atoms with E-state index in [-0.39, 0.29) is 10.7 Å². The van der Waals surface area contributed by atoms with Crippen LogP contribution in [0.4, 0.5) is 10.2 Å². The predicted octanol–water partition coefficient (Wildman–Crippen LogP) is 3.03. The van der Waals surface area contributed by atoms with Gasteiger partial charge in [0, 0.05) is 38.4 Å². The van der Waals surface area contributed by atoms with Crippen molar-refractivity contribution in [2.45, 2.75) is 30.7 Å². The fourth-order valence-corrected chi connectivity index (χ4v) is 4.43. The standard InChI is InChI=1S/C18H22FN3O2S/c1-21(14-15-7-3-4-8-17(15)19)18-10-9-16(13-20-18)25(23,24)22-11-5-2-6-12-22/h3-4,7-10,13H,2,5-6,11-12,14H2,1H3. The molecule has 3 rings (SSSR count). The predicted molar refractivity (Wildman–Crippen MR) is 95.4 cm³/mol. The Labute approximate surface area is 148 Å². The second kappa shape index (κ2) is 7.49. The van der Waals surface area contributed by atoms with Crippen LogP contribution in [0.2, 0.25) is 0 Å². The largest absolute Gasteiger partial charge is 0.355 e. The molecule has 0 saturated carbocycles. The van der Waals surface area contributed by atoms with Crippen LogP contribution in [0.5, 0.6) is 0 Å². The Morgan fingerprint density at radius 3 is 2.48 bits per heavy atom. The molecule has 0 bridgehead atoms. The third kappa shape index (κ3) is 3.99. The van der Waals surface area contributed by atoms with Crippen LogP contribution in [0.1, 0.15) is 24.8 Å². The van der Waals surface area contributed by atoms with Gasteiger partial charge >= 0.3 is 0 Å². The number of halogens is 1. The van der Waals surface area contributed by atoms with Crippen molar-refractivity contribution in [2.24, 2.45) is 0 Å². The Kier molecular flexibility index (Phi) is 5.34. The van der Waals surface area contributed by atoms with Crippen LogP contribution < -0.4 is 4.90 Å². The fraction of sp³-hybridized carbons (Fsp3) is 0.389. The summed E-state index contributed by atoms with van der Waals surface area (Å²) in [5.41, 5.74) is 0.566. The van der Waals surface area contributed by atoms with Crippen LogP contribution in [-0.2, 0) is 16.6 Å². The molecule has 25 heavy (non-hydrogen) atoms. The molecule has 0 radical (unpaired) electrons. The minimum atomic E-state index is -3.48. The smallest absolute Gasteiger partial charge is 0.244 e. The molecule has 1 aromatic heterocycles. The van der Waals surface area contributed by atoms with E-state index in [4.69, 9.17) is 0 Å². The van der Waals surface area contributed by atoms with Crippen molar-refractivity contribution in [1.82, 2.24) is 9.29 Å². The number of piperidine rings is 1. The van der Waals surface area contributed by atoms with Crippen molar-refractivity contribution in [2.75, 3.05) is 25.0 Å². The topological polar surface area (TPSA) is 53.5 Å². The van der Waals surface area contributed by atoms with Crippen LogP contribution in [0.15, 0.2) is 47.5 Å². The first-order chi connectivity index (χ1) is 12.0. The van der Waals surface area contributed by atoms with Gasteiger partial charge in [-0.25, -0.2) is 17.8 Å². The highest BCUT2D eigenvalue weighted by Crippen LogP contribution is 2.22. The van der Waals surface area contributed by atoms with Crippen molar-refractivity contribution in [3.63, 3.8) is 0 Å². The number of pyridine rings is 1. The van der Waals surface area contributed by atoms with E-state index < -0.39 is 10.0 Å². The number of sulfonamides is 1. The van der Waals surface area contributed by atoms with Gasteiger partial charge < -0.3 is 4.90 Å². The van der Waals surface area contributed by atoms with E-state index in [0.717, 1.165) is 19.3 Å². The quantitative estimate of drug-likeness (QED) is 0.819. The molecule has 2 aromatic rings. The molecule has 5 nitrogen and oxygen atoms in total. The van der Waals surface area contributed by atoms with Crippen molar-refractivity contribution in [3.05, 3.63) is 54.0 Å². The first-order valence-corrected chi connectivity index (χ1v) is 9.83. The number of nitrogens with zero attached hydrogens (tertiary/aromatic N) is 3. The Hall–Kier alpha value is -1.99. The molecule has 1 aliphatic heterocycles. The second-order valence-corrected chi connectivity index (χ2v) is 8.20. The number of rotatable bonds is 5. The highest BCUT2D eigenvalue weighted by molar-refractivity contribution is 7.89. The third-order valence-corrected chi connectivity index (χ3v) is 6.31. The lowest BCUT2D eigenvalue weighted by Crippen LogP contribution is -2.35. The van der Waals surface area contributed by atoms with Gasteiger partial charge in [-0.15, -0.1) is 0 Å². The van der Waals surface area contributed by atoms with E-state index in [1.165, 1.54) is 16.6 Å². The molecule has 7 heteroatoms. The van der Waals surface area contributed by atoms with Gasteiger partial charge in [0.25, 0.3) is 0 Å². The molecular formula is C18H22FN3O2S. The summed E-state index contributed by atoms with van der Waals surface area (Å²) in [6.45, 7) is 1.49. The van der Waals surface area contributed by atoms with Crippen LogP contribution in [-0.4, -0.2) is 37.8 Å². The minimum Gasteiger partial charge on any atom is -0.355 e. The number of aromatic nitrogens is 1. The summed E-state index contributed by atoms with van der Waals surface area (Å²) in [6, 6.07) is 9.82. The van der Waals surface area contributed by atoms with Gasteiger partial charge in [0.05, 0.1) is 0 Å². The van der Waals surface area contributed by atoms with Crippen LogP contribution in [0, 0.1) is 5.82 Å². The summed E-state index contributed by atoms with van der Waals surface area (Å²) in [4.78, 5) is 6.26. The maximum absolute atomic E-state index is 13.8. The second-order valence-electron chi connectivity index (χ2n) is 6.26. The molecule has 0 amide bonds. The molecular weight excluding hydrogens is 341 g/mol. The molecule has 1 fully saturated rings. The van der Waals surface area contributed by atoms with E-state index in [0.29, 0.717) is 31.0 Å². The molecule has 2 heterocycles. The molecule has 1 saturated heterocycles. The van der Waals surface area contributed by atoms with Crippen LogP contribution >= 0.6 is 0 Å². The Morgan fingerprint density at radius 1 is 1.12 bits per heavy atom. The normalized spacial score (nSPS) is 15.9. The van der Waals surface area contributed by atoms with Gasteiger partial charge in [-0.1, -0.05) is 24.6 Å². The number of hydrogen-bond acceptors (Lipinski definition) is 4. The van der Waals surface area contributed by atoms with Gasteiger partial charge in [-0.2, -0.15) is 4.31 Å². The zero-order valence-electron chi connectivity index (χ0n) is 14.2. The lowest BCUT2D eigenvalue weighted by Gasteiger charge is -2.26. The van der Waals surface area contributed by atoms with Gasteiger partial charge in [-0.3, -0.25) is 0 Å². The van der Waals surface area contributed by atoms with Crippen molar-refractivity contribution < 1.29 is 12.8 Å². The average Bonchev–Trinajstić information content (AvgIpc) is 2.64. The Balaban J connectivity index is 1.74. The Morgan fingerprint density at radius 2 is 1.84 bits per heavy atom. The van der Waals surface area contributed by atoms with Crippen LogP contribution in [0.25, 0.3) is 0 Å². The number of hydrogen-bond donors (Lipinski definition) is 0. The molecule has 0 spiro atoms. The van der Waals surface area contributed by atoms with E-state index in [1.54, 1.807) is 42.3 Å². The van der Waals surface area contributed by atoms with E-state index in [1.807, 2.05) is 0 Å². The number of anilines is 1.